The van der Waals surface area contributed by atoms with E-state index in [0.29, 0.717) is 17.3 Å². The lowest BCUT2D eigenvalue weighted by Crippen LogP contribution is -2.21. The summed E-state index contributed by atoms with van der Waals surface area (Å²) in [5.74, 6) is 0. The smallest absolute Gasteiger partial charge is 0.172 e. The van der Waals surface area contributed by atoms with Crippen LogP contribution in [0.1, 0.15) is 0 Å². The fourth-order valence-electron chi connectivity index (χ4n) is 0.877. The molecule has 0 saturated heterocycles. The van der Waals surface area contributed by atoms with Gasteiger partial charge in [-0.15, -0.1) is 5.10 Å². The van der Waals surface area contributed by atoms with Crippen LogP contribution in [-0.2, 0) is 0 Å². The number of nitrogens with zero attached hydrogens (tertiary/aromatic N) is 3. The highest BCUT2D eigenvalue weighted by atomic mass is 35.5. The third-order valence-corrected chi connectivity index (χ3v) is 2.31. The summed E-state index contributed by atoms with van der Waals surface area (Å²) < 4.78 is 0. The standard InChI is InChI=1S/C7H9Cl2N3O/c1-12(2-3-13)5-4-10-11-7(9)6(5)8/h4,13H,2-3H2,1H3. The van der Waals surface area contributed by atoms with E-state index < -0.39 is 0 Å². The molecule has 1 aromatic heterocycles. The molecular formula is C7H9Cl2N3O. The molecule has 4 nitrogen and oxygen atoms in total. The maximum absolute atomic E-state index is 8.70. The molecule has 0 bridgehead atoms. The van der Waals surface area contributed by atoms with E-state index in [1.165, 1.54) is 6.20 Å². The zero-order chi connectivity index (χ0) is 9.84. The van der Waals surface area contributed by atoms with Gasteiger partial charge in [0.25, 0.3) is 0 Å². The molecular weight excluding hydrogens is 213 g/mol. The third-order valence-electron chi connectivity index (χ3n) is 1.58. The lowest BCUT2D eigenvalue weighted by atomic mass is 10.4. The van der Waals surface area contributed by atoms with Gasteiger partial charge in [0.15, 0.2) is 5.15 Å². The number of aliphatic hydroxyl groups excluding tert-OH is 1. The van der Waals surface area contributed by atoms with Crippen LogP contribution in [0.5, 0.6) is 0 Å². The number of hydrogen-bond donors (Lipinski definition) is 1. The molecule has 0 amide bonds. The van der Waals surface area contributed by atoms with Crippen LogP contribution in [0.25, 0.3) is 0 Å². The zero-order valence-corrected chi connectivity index (χ0v) is 8.55. The molecule has 13 heavy (non-hydrogen) atoms. The van der Waals surface area contributed by atoms with Crippen LogP contribution in [0.15, 0.2) is 6.20 Å². The summed E-state index contributed by atoms with van der Waals surface area (Å²) in [7, 11) is 1.79. The van der Waals surface area contributed by atoms with Crippen molar-refractivity contribution in [2.45, 2.75) is 0 Å². The maximum Gasteiger partial charge on any atom is 0.172 e. The van der Waals surface area contributed by atoms with Gasteiger partial charge in [0.05, 0.1) is 18.5 Å². The number of aromatic nitrogens is 2. The van der Waals surface area contributed by atoms with E-state index in [1.807, 2.05) is 0 Å². The van der Waals surface area contributed by atoms with Gasteiger partial charge in [0.1, 0.15) is 5.02 Å². The summed E-state index contributed by atoms with van der Waals surface area (Å²) in [6.45, 7) is 0.522. The molecule has 0 aliphatic heterocycles. The molecule has 0 atom stereocenters. The number of halogens is 2. The van der Waals surface area contributed by atoms with E-state index in [9.17, 15) is 0 Å². The summed E-state index contributed by atoms with van der Waals surface area (Å²) in [4.78, 5) is 1.75. The summed E-state index contributed by atoms with van der Waals surface area (Å²) in [6, 6.07) is 0. The number of aliphatic hydroxyl groups is 1. The molecule has 0 aliphatic carbocycles. The van der Waals surface area contributed by atoms with Crippen molar-refractivity contribution in [2.75, 3.05) is 25.1 Å². The predicted octanol–water partition coefficient (Wildman–Crippen LogP) is 1.21. The summed E-state index contributed by atoms with van der Waals surface area (Å²) >= 11 is 11.5. The van der Waals surface area contributed by atoms with E-state index in [0.717, 1.165) is 0 Å². The number of anilines is 1. The molecule has 6 heteroatoms. The van der Waals surface area contributed by atoms with E-state index in [2.05, 4.69) is 10.2 Å². The highest BCUT2D eigenvalue weighted by Crippen LogP contribution is 2.28. The second-order valence-electron chi connectivity index (χ2n) is 2.48. The molecule has 0 aliphatic rings. The first kappa shape index (κ1) is 10.5. The maximum atomic E-state index is 8.70. The van der Waals surface area contributed by atoms with Crippen molar-refractivity contribution in [1.82, 2.24) is 10.2 Å². The number of hydrogen-bond acceptors (Lipinski definition) is 4. The predicted molar refractivity (Wildman–Crippen MR) is 52.4 cm³/mol. The molecule has 0 unspecified atom stereocenters. The van der Waals surface area contributed by atoms with Crippen LogP contribution in [-0.4, -0.2) is 35.5 Å². The Morgan fingerprint density at radius 1 is 1.54 bits per heavy atom. The van der Waals surface area contributed by atoms with E-state index >= 15 is 0 Å². The van der Waals surface area contributed by atoms with Crippen LogP contribution in [0.2, 0.25) is 10.2 Å². The zero-order valence-electron chi connectivity index (χ0n) is 7.04. The Bertz CT molecular complexity index is 295. The van der Waals surface area contributed by atoms with Crippen molar-refractivity contribution in [3.8, 4) is 0 Å². The molecule has 1 rings (SSSR count). The Morgan fingerprint density at radius 2 is 2.23 bits per heavy atom. The van der Waals surface area contributed by atoms with Crippen LogP contribution >= 0.6 is 23.2 Å². The molecule has 0 radical (unpaired) electrons. The summed E-state index contributed by atoms with van der Waals surface area (Å²) in [5, 5.41) is 16.5. The average molecular weight is 222 g/mol. The van der Waals surface area contributed by atoms with Gasteiger partial charge in [-0.1, -0.05) is 23.2 Å². The van der Waals surface area contributed by atoms with Gasteiger partial charge in [-0.3, -0.25) is 0 Å². The topological polar surface area (TPSA) is 49.2 Å². The monoisotopic (exact) mass is 221 g/mol. The van der Waals surface area contributed by atoms with Gasteiger partial charge in [0.2, 0.25) is 0 Å². The average Bonchev–Trinajstić information content (AvgIpc) is 2.10. The van der Waals surface area contributed by atoms with Crippen LogP contribution in [0.4, 0.5) is 5.69 Å². The first-order valence-corrected chi connectivity index (χ1v) is 4.41. The fourth-order valence-corrected chi connectivity index (χ4v) is 1.25. The third kappa shape index (κ3) is 2.43. The van der Waals surface area contributed by atoms with Crippen LogP contribution in [0.3, 0.4) is 0 Å². The molecule has 1 N–H and O–H groups in total. The Morgan fingerprint density at radius 3 is 2.85 bits per heavy atom. The van der Waals surface area contributed by atoms with E-state index in [4.69, 9.17) is 28.3 Å². The fraction of sp³-hybridized carbons (Fsp3) is 0.429. The minimum atomic E-state index is 0.0484. The lowest BCUT2D eigenvalue weighted by Gasteiger charge is -2.18. The van der Waals surface area contributed by atoms with Crippen molar-refractivity contribution in [1.29, 1.82) is 0 Å². The van der Waals surface area contributed by atoms with Crippen LogP contribution in [0, 0.1) is 0 Å². The normalized spacial score (nSPS) is 10.2. The first-order valence-electron chi connectivity index (χ1n) is 3.65. The SMILES string of the molecule is CN(CCO)c1cnnc(Cl)c1Cl. The highest BCUT2D eigenvalue weighted by Gasteiger charge is 2.09. The van der Waals surface area contributed by atoms with Gasteiger partial charge < -0.3 is 10.0 Å². The Balaban J connectivity index is 2.93. The van der Waals surface area contributed by atoms with Crippen molar-refractivity contribution in [3.63, 3.8) is 0 Å². The second kappa shape index (κ2) is 4.60. The lowest BCUT2D eigenvalue weighted by molar-refractivity contribution is 0.304. The van der Waals surface area contributed by atoms with Gasteiger partial charge in [0, 0.05) is 13.6 Å². The van der Waals surface area contributed by atoms with Gasteiger partial charge in [-0.2, -0.15) is 5.10 Å². The van der Waals surface area contributed by atoms with Gasteiger partial charge in [-0.05, 0) is 0 Å². The van der Waals surface area contributed by atoms with Gasteiger partial charge in [-0.25, -0.2) is 0 Å². The Labute approximate surface area is 86.1 Å². The molecule has 0 spiro atoms. The number of likely N-dealkylation sites (N-methyl/N-ethyl adjacent to an activating group) is 1. The first-order chi connectivity index (χ1) is 6.16. The summed E-state index contributed by atoms with van der Waals surface area (Å²) in [6.07, 6.45) is 1.50. The van der Waals surface area contributed by atoms with E-state index in [1.54, 1.807) is 11.9 Å². The minimum absolute atomic E-state index is 0.0484. The van der Waals surface area contributed by atoms with E-state index in [-0.39, 0.29) is 11.8 Å². The second-order valence-corrected chi connectivity index (χ2v) is 3.22. The molecule has 1 heterocycles. The molecule has 0 aromatic carbocycles. The van der Waals surface area contributed by atoms with Crippen molar-refractivity contribution >= 4 is 28.9 Å². The molecule has 0 fully saturated rings. The Kier molecular flexibility index (Phi) is 3.71. The van der Waals surface area contributed by atoms with Gasteiger partial charge >= 0.3 is 0 Å². The molecule has 72 valence electrons. The number of rotatable bonds is 3. The molecule has 1 aromatic rings. The van der Waals surface area contributed by atoms with Crippen molar-refractivity contribution in [2.24, 2.45) is 0 Å². The largest absolute Gasteiger partial charge is 0.395 e. The Hall–Kier alpha value is -0.580. The highest BCUT2D eigenvalue weighted by molar-refractivity contribution is 6.42. The van der Waals surface area contributed by atoms with Crippen molar-refractivity contribution in [3.05, 3.63) is 16.4 Å². The van der Waals surface area contributed by atoms with Crippen LogP contribution < -0.4 is 4.90 Å². The summed E-state index contributed by atoms with van der Waals surface area (Å²) in [5.41, 5.74) is 0.663. The van der Waals surface area contributed by atoms with Crippen molar-refractivity contribution < 1.29 is 5.11 Å². The molecule has 0 saturated carbocycles. The minimum Gasteiger partial charge on any atom is -0.395 e. The quantitative estimate of drug-likeness (QED) is 0.835.